The number of nitrogens with one attached hydrogen (secondary N) is 1. The molecule has 0 aliphatic carbocycles. The van der Waals surface area contributed by atoms with Crippen molar-refractivity contribution in [2.24, 2.45) is 14.1 Å². The minimum absolute atomic E-state index is 0.0618. The number of aromatic nitrogens is 4. The van der Waals surface area contributed by atoms with Crippen molar-refractivity contribution in [3.63, 3.8) is 0 Å². The van der Waals surface area contributed by atoms with Crippen molar-refractivity contribution in [3.8, 4) is 0 Å². The highest BCUT2D eigenvalue weighted by molar-refractivity contribution is 5.74. The van der Waals surface area contributed by atoms with Crippen molar-refractivity contribution in [2.45, 2.75) is 46.2 Å². The van der Waals surface area contributed by atoms with E-state index in [1.807, 2.05) is 18.4 Å². The van der Waals surface area contributed by atoms with Crippen molar-refractivity contribution in [1.82, 2.24) is 18.7 Å². The van der Waals surface area contributed by atoms with E-state index in [-0.39, 0.29) is 23.3 Å². The molecule has 116 valence electrons. The zero-order chi connectivity index (χ0) is 15.9. The van der Waals surface area contributed by atoms with Gasteiger partial charge < -0.3 is 9.88 Å². The maximum Gasteiger partial charge on any atom is 0.332 e. The average Bonchev–Trinajstić information content (AvgIpc) is 2.82. The summed E-state index contributed by atoms with van der Waals surface area (Å²) in [6.07, 6.45) is 0.943. The van der Waals surface area contributed by atoms with E-state index in [9.17, 15) is 9.59 Å². The van der Waals surface area contributed by atoms with Crippen LogP contribution in [-0.4, -0.2) is 24.7 Å². The summed E-state index contributed by atoms with van der Waals surface area (Å²) in [5.41, 5.74) is 0.200. The van der Waals surface area contributed by atoms with E-state index >= 15 is 0 Å². The molecule has 2 rings (SSSR count). The van der Waals surface area contributed by atoms with Gasteiger partial charge in [0.25, 0.3) is 5.56 Å². The number of hydrogen-bond donors (Lipinski definition) is 1. The van der Waals surface area contributed by atoms with Crippen LogP contribution in [-0.2, 0) is 14.1 Å². The lowest BCUT2D eigenvalue weighted by Crippen LogP contribution is -2.37. The molecular formula is C14H23N5O2. The summed E-state index contributed by atoms with van der Waals surface area (Å²) in [7, 11) is 3.12. The Bertz CT molecular complexity index is 781. The number of rotatable bonds is 4. The van der Waals surface area contributed by atoms with Gasteiger partial charge in [0.2, 0.25) is 5.95 Å². The second kappa shape index (κ2) is 5.38. The lowest BCUT2D eigenvalue weighted by molar-refractivity contribution is 0.607. The Balaban J connectivity index is 2.87. The summed E-state index contributed by atoms with van der Waals surface area (Å²) in [5.74, 6) is 0.632. The summed E-state index contributed by atoms with van der Waals surface area (Å²) in [4.78, 5) is 29.0. The first kappa shape index (κ1) is 15.3. The van der Waals surface area contributed by atoms with Gasteiger partial charge in [0.1, 0.15) is 0 Å². The van der Waals surface area contributed by atoms with Gasteiger partial charge in [-0.3, -0.25) is 13.9 Å². The molecule has 0 amide bonds. The van der Waals surface area contributed by atoms with Crippen LogP contribution in [0.4, 0.5) is 5.95 Å². The zero-order valence-corrected chi connectivity index (χ0v) is 13.5. The minimum atomic E-state index is -0.365. The van der Waals surface area contributed by atoms with Gasteiger partial charge in [-0.05, 0) is 27.2 Å². The third kappa shape index (κ3) is 2.36. The molecule has 0 fully saturated rings. The highest BCUT2D eigenvalue weighted by atomic mass is 16.2. The van der Waals surface area contributed by atoms with E-state index in [1.54, 1.807) is 7.05 Å². The van der Waals surface area contributed by atoms with Crippen LogP contribution in [0, 0.1) is 0 Å². The highest BCUT2D eigenvalue weighted by Gasteiger charge is 2.21. The molecule has 0 aromatic carbocycles. The van der Waals surface area contributed by atoms with Gasteiger partial charge in [-0.1, -0.05) is 6.92 Å². The Kier molecular flexibility index (Phi) is 3.93. The lowest BCUT2D eigenvalue weighted by atomic mass is 10.3. The molecule has 2 heterocycles. The summed E-state index contributed by atoms with van der Waals surface area (Å²) < 4.78 is 4.40. The summed E-state index contributed by atoms with van der Waals surface area (Å²) in [5, 5.41) is 3.31. The Morgan fingerprint density at radius 3 is 2.29 bits per heavy atom. The Labute approximate surface area is 123 Å². The average molecular weight is 293 g/mol. The highest BCUT2D eigenvalue weighted by Crippen LogP contribution is 2.21. The second-order valence-electron chi connectivity index (χ2n) is 5.73. The van der Waals surface area contributed by atoms with Crippen LogP contribution in [0.2, 0.25) is 0 Å². The van der Waals surface area contributed by atoms with Crippen LogP contribution in [0.15, 0.2) is 9.59 Å². The number of hydrogen-bond acceptors (Lipinski definition) is 4. The van der Waals surface area contributed by atoms with Crippen LogP contribution in [0.5, 0.6) is 0 Å². The zero-order valence-electron chi connectivity index (χ0n) is 13.5. The van der Waals surface area contributed by atoms with Gasteiger partial charge >= 0.3 is 5.69 Å². The molecule has 1 unspecified atom stereocenters. The quantitative estimate of drug-likeness (QED) is 0.920. The largest absolute Gasteiger partial charge is 0.353 e. The first-order valence-corrected chi connectivity index (χ1v) is 7.24. The molecule has 0 aliphatic heterocycles. The Hall–Kier alpha value is -2.05. The van der Waals surface area contributed by atoms with Crippen molar-refractivity contribution in [3.05, 3.63) is 20.8 Å². The van der Waals surface area contributed by atoms with E-state index < -0.39 is 0 Å². The number of aryl methyl sites for hydroxylation is 1. The summed E-state index contributed by atoms with van der Waals surface area (Å²) in [6.45, 7) is 8.12. The molecule has 0 spiro atoms. The smallest absolute Gasteiger partial charge is 0.332 e. The molecule has 1 N–H and O–H groups in total. The predicted octanol–water partition coefficient (Wildman–Crippen LogP) is 1.22. The van der Waals surface area contributed by atoms with Gasteiger partial charge in [0.05, 0.1) is 0 Å². The van der Waals surface area contributed by atoms with Crippen molar-refractivity contribution >= 4 is 17.1 Å². The van der Waals surface area contributed by atoms with Crippen LogP contribution >= 0.6 is 0 Å². The molecule has 0 radical (unpaired) electrons. The SMILES string of the molecule is CCC(C)Nc1nc2c(c(=O)n(C)c(=O)n2C)n1C(C)C. The molecule has 0 bridgehead atoms. The molecule has 2 aromatic rings. The third-order valence-electron chi connectivity index (χ3n) is 3.80. The van der Waals surface area contributed by atoms with Gasteiger partial charge in [-0.25, -0.2) is 4.79 Å². The number of nitrogens with zero attached hydrogens (tertiary/aromatic N) is 4. The number of fused-ring (bicyclic) bond motifs is 1. The molecule has 0 aliphatic rings. The van der Waals surface area contributed by atoms with E-state index in [1.165, 1.54) is 11.6 Å². The molecule has 0 saturated heterocycles. The van der Waals surface area contributed by atoms with Gasteiger partial charge in [-0.2, -0.15) is 4.98 Å². The molecule has 7 heteroatoms. The standard InChI is InChI=1S/C14H23N5O2/c1-7-9(4)15-13-16-11-10(19(13)8(2)3)12(20)18(6)14(21)17(11)5/h8-9H,7H2,1-6H3,(H,15,16). The molecular weight excluding hydrogens is 270 g/mol. The van der Waals surface area contributed by atoms with Crippen LogP contribution in [0.1, 0.15) is 40.2 Å². The monoisotopic (exact) mass is 293 g/mol. The predicted molar refractivity (Wildman–Crippen MR) is 84.0 cm³/mol. The number of imidazole rings is 1. The third-order valence-corrected chi connectivity index (χ3v) is 3.80. The topological polar surface area (TPSA) is 73.8 Å². The fourth-order valence-corrected chi connectivity index (χ4v) is 2.34. The van der Waals surface area contributed by atoms with Crippen LogP contribution in [0.25, 0.3) is 11.2 Å². The molecule has 21 heavy (non-hydrogen) atoms. The molecule has 2 aromatic heterocycles. The summed E-state index contributed by atoms with van der Waals surface area (Å²) in [6, 6.07) is 0.298. The fraction of sp³-hybridized carbons (Fsp3) is 0.643. The first-order valence-electron chi connectivity index (χ1n) is 7.24. The van der Waals surface area contributed by atoms with E-state index in [4.69, 9.17) is 0 Å². The van der Waals surface area contributed by atoms with E-state index in [0.717, 1.165) is 11.0 Å². The van der Waals surface area contributed by atoms with Crippen LogP contribution in [0.3, 0.4) is 0 Å². The van der Waals surface area contributed by atoms with Crippen LogP contribution < -0.4 is 16.6 Å². The Morgan fingerprint density at radius 1 is 1.14 bits per heavy atom. The molecule has 7 nitrogen and oxygen atoms in total. The molecule has 0 saturated carbocycles. The first-order chi connectivity index (χ1) is 9.79. The second-order valence-corrected chi connectivity index (χ2v) is 5.73. The summed E-state index contributed by atoms with van der Waals surface area (Å²) >= 11 is 0. The lowest BCUT2D eigenvalue weighted by Gasteiger charge is -2.17. The van der Waals surface area contributed by atoms with E-state index in [2.05, 4.69) is 24.1 Å². The van der Waals surface area contributed by atoms with Crippen molar-refractivity contribution in [2.75, 3.05) is 5.32 Å². The van der Waals surface area contributed by atoms with E-state index in [0.29, 0.717) is 17.1 Å². The van der Waals surface area contributed by atoms with Crippen molar-refractivity contribution < 1.29 is 0 Å². The van der Waals surface area contributed by atoms with Gasteiger partial charge in [0, 0.05) is 26.2 Å². The fourth-order valence-electron chi connectivity index (χ4n) is 2.34. The van der Waals surface area contributed by atoms with Gasteiger partial charge in [0.15, 0.2) is 11.2 Å². The van der Waals surface area contributed by atoms with Crippen molar-refractivity contribution in [1.29, 1.82) is 0 Å². The number of anilines is 1. The maximum absolute atomic E-state index is 12.5. The Morgan fingerprint density at radius 2 is 1.76 bits per heavy atom. The normalized spacial score (nSPS) is 13.1. The maximum atomic E-state index is 12.5. The molecule has 1 atom stereocenters. The van der Waals surface area contributed by atoms with Gasteiger partial charge in [-0.15, -0.1) is 0 Å². The minimum Gasteiger partial charge on any atom is -0.353 e.